The number of nitrogens with zero attached hydrogens (tertiary/aromatic N) is 3. The van der Waals surface area contributed by atoms with Crippen molar-refractivity contribution in [2.24, 2.45) is 12.0 Å². The van der Waals surface area contributed by atoms with Crippen molar-refractivity contribution in [1.29, 1.82) is 0 Å². The van der Waals surface area contributed by atoms with Crippen LogP contribution in [0.3, 0.4) is 0 Å². The van der Waals surface area contributed by atoms with Crippen molar-refractivity contribution < 1.29 is 0 Å². The Hall–Kier alpha value is -1.12. The fraction of sp³-hybridized carbons (Fsp3) is 0.556. The van der Waals surface area contributed by atoms with Gasteiger partial charge in [-0.3, -0.25) is 9.67 Å². The van der Waals surface area contributed by atoms with Gasteiger partial charge in [-0.15, -0.1) is 0 Å². The van der Waals surface area contributed by atoms with E-state index in [0.29, 0.717) is 5.92 Å². The van der Waals surface area contributed by atoms with Crippen molar-refractivity contribution in [3.63, 3.8) is 0 Å². The number of aryl methyl sites for hydroxylation is 1. The first kappa shape index (κ1) is 8.97. The maximum Gasteiger partial charge on any atom is 0.143 e. The van der Waals surface area contributed by atoms with E-state index in [1.54, 1.807) is 11.7 Å². The molecule has 0 saturated heterocycles. The third-order valence-corrected chi connectivity index (χ3v) is 1.82. The number of rotatable bonds is 1. The van der Waals surface area contributed by atoms with E-state index >= 15 is 0 Å². The van der Waals surface area contributed by atoms with Crippen LogP contribution < -0.4 is 5.49 Å². The summed E-state index contributed by atoms with van der Waals surface area (Å²) in [7, 11) is 3.68. The van der Waals surface area contributed by atoms with Crippen LogP contribution in [0.2, 0.25) is 0 Å². The highest BCUT2D eigenvalue weighted by molar-refractivity contribution is 5.03. The van der Waals surface area contributed by atoms with Crippen molar-refractivity contribution >= 4 is 0 Å². The minimum atomic E-state index is 0.474. The highest BCUT2D eigenvalue weighted by Crippen LogP contribution is 2.07. The van der Waals surface area contributed by atoms with Crippen LogP contribution in [0, 0.1) is 0 Å². The second kappa shape index (κ2) is 3.52. The summed E-state index contributed by atoms with van der Waals surface area (Å²) in [5.74, 6) is 0.474. The SMILES string of the molecule is CN=c1ccc(C(C)C)nn1C. The molecule has 1 heterocycles. The fourth-order valence-corrected chi connectivity index (χ4v) is 1.05. The molecule has 0 atom stereocenters. The Labute approximate surface area is 72.8 Å². The van der Waals surface area contributed by atoms with Crippen LogP contribution in [0.5, 0.6) is 0 Å². The van der Waals surface area contributed by atoms with Gasteiger partial charge in [-0.05, 0) is 18.1 Å². The first-order valence-electron chi connectivity index (χ1n) is 4.12. The molecule has 66 valence electrons. The van der Waals surface area contributed by atoms with Crippen LogP contribution in [-0.2, 0) is 7.05 Å². The molecule has 0 spiro atoms. The summed E-state index contributed by atoms with van der Waals surface area (Å²) < 4.78 is 1.80. The lowest BCUT2D eigenvalue weighted by atomic mass is 10.1. The minimum Gasteiger partial charge on any atom is -0.270 e. The number of hydrogen-bond acceptors (Lipinski definition) is 2. The molecule has 0 saturated carbocycles. The summed E-state index contributed by atoms with van der Waals surface area (Å²) in [6.07, 6.45) is 0. The van der Waals surface area contributed by atoms with E-state index in [0.717, 1.165) is 11.2 Å². The Morgan fingerprint density at radius 1 is 1.42 bits per heavy atom. The molecular weight excluding hydrogens is 150 g/mol. The third-order valence-electron chi connectivity index (χ3n) is 1.82. The van der Waals surface area contributed by atoms with Gasteiger partial charge >= 0.3 is 0 Å². The molecule has 0 aliphatic rings. The van der Waals surface area contributed by atoms with E-state index in [1.807, 2.05) is 19.2 Å². The molecule has 12 heavy (non-hydrogen) atoms. The highest BCUT2D eigenvalue weighted by atomic mass is 15.3. The maximum absolute atomic E-state index is 4.37. The molecule has 0 bridgehead atoms. The summed E-state index contributed by atoms with van der Waals surface area (Å²) >= 11 is 0. The van der Waals surface area contributed by atoms with Crippen LogP contribution in [0.1, 0.15) is 25.5 Å². The zero-order valence-corrected chi connectivity index (χ0v) is 8.07. The summed E-state index contributed by atoms with van der Waals surface area (Å²) in [6.45, 7) is 4.26. The predicted molar refractivity (Wildman–Crippen MR) is 48.8 cm³/mol. The molecule has 1 aromatic rings. The topological polar surface area (TPSA) is 30.2 Å². The molecule has 0 aliphatic carbocycles. The predicted octanol–water partition coefficient (Wildman–Crippen LogP) is 1.07. The van der Waals surface area contributed by atoms with Gasteiger partial charge in [-0.2, -0.15) is 5.10 Å². The third kappa shape index (κ3) is 1.72. The molecule has 0 radical (unpaired) electrons. The van der Waals surface area contributed by atoms with Gasteiger partial charge in [0.2, 0.25) is 0 Å². The second-order valence-corrected chi connectivity index (χ2v) is 3.12. The average molecular weight is 165 g/mol. The summed E-state index contributed by atoms with van der Waals surface area (Å²) in [6, 6.07) is 4.01. The summed E-state index contributed by atoms with van der Waals surface area (Å²) in [4.78, 5) is 4.07. The molecule has 0 unspecified atom stereocenters. The first-order chi connectivity index (χ1) is 5.65. The highest BCUT2D eigenvalue weighted by Gasteiger charge is 1.99. The molecular formula is C9H15N3. The maximum atomic E-state index is 4.37. The Morgan fingerprint density at radius 2 is 2.08 bits per heavy atom. The van der Waals surface area contributed by atoms with Crippen molar-refractivity contribution in [2.45, 2.75) is 19.8 Å². The molecule has 0 aliphatic heterocycles. The minimum absolute atomic E-state index is 0.474. The summed E-state index contributed by atoms with van der Waals surface area (Å²) in [5.41, 5.74) is 2.00. The lowest BCUT2D eigenvalue weighted by molar-refractivity contribution is 0.641. The van der Waals surface area contributed by atoms with E-state index in [9.17, 15) is 0 Å². The van der Waals surface area contributed by atoms with Gasteiger partial charge in [0.15, 0.2) is 0 Å². The molecule has 0 fully saturated rings. The van der Waals surface area contributed by atoms with Crippen LogP contribution >= 0.6 is 0 Å². The van der Waals surface area contributed by atoms with Crippen LogP contribution in [-0.4, -0.2) is 16.8 Å². The van der Waals surface area contributed by atoms with Gasteiger partial charge in [0.25, 0.3) is 0 Å². The van der Waals surface area contributed by atoms with Gasteiger partial charge in [0, 0.05) is 14.1 Å². The van der Waals surface area contributed by atoms with E-state index in [-0.39, 0.29) is 0 Å². The van der Waals surface area contributed by atoms with Gasteiger partial charge in [0.05, 0.1) is 5.69 Å². The van der Waals surface area contributed by atoms with E-state index in [4.69, 9.17) is 0 Å². The number of hydrogen-bond donors (Lipinski definition) is 0. The largest absolute Gasteiger partial charge is 0.270 e. The van der Waals surface area contributed by atoms with Crippen LogP contribution in [0.4, 0.5) is 0 Å². The van der Waals surface area contributed by atoms with E-state index in [2.05, 4.69) is 23.9 Å². The molecule has 1 rings (SSSR count). The Balaban J connectivity index is 3.20. The van der Waals surface area contributed by atoms with Crippen molar-refractivity contribution in [3.05, 3.63) is 23.3 Å². The Morgan fingerprint density at radius 3 is 2.50 bits per heavy atom. The lowest BCUT2D eigenvalue weighted by Gasteiger charge is -2.05. The smallest absolute Gasteiger partial charge is 0.143 e. The van der Waals surface area contributed by atoms with Crippen molar-refractivity contribution in [3.8, 4) is 0 Å². The van der Waals surface area contributed by atoms with Gasteiger partial charge in [0.1, 0.15) is 5.49 Å². The standard InChI is InChI=1S/C9H15N3/c1-7(2)8-5-6-9(10-3)12(4)11-8/h5-7H,1-4H3. The van der Waals surface area contributed by atoms with Crippen LogP contribution in [0.15, 0.2) is 17.1 Å². The normalized spacial score (nSPS) is 12.6. The quantitative estimate of drug-likeness (QED) is 0.612. The van der Waals surface area contributed by atoms with E-state index < -0.39 is 0 Å². The first-order valence-corrected chi connectivity index (χ1v) is 4.12. The molecule has 0 amide bonds. The van der Waals surface area contributed by atoms with Crippen molar-refractivity contribution in [2.75, 3.05) is 7.05 Å². The van der Waals surface area contributed by atoms with Gasteiger partial charge in [-0.1, -0.05) is 13.8 Å². The average Bonchev–Trinajstić information content (AvgIpc) is 2.04. The second-order valence-electron chi connectivity index (χ2n) is 3.12. The molecule has 1 aromatic heterocycles. The molecule has 0 N–H and O–H groups in total. The summed E-state index contributed by atoms with van der Waals surface area (Å²) in [5, 5.41) is 4.37. The zero-order chi connectivity index (χ0) is 9.14. The number of aromatic nitrogens is 2. The zero-order valence-electron chi connectivity index (χ0n) is 8.07. The fourth-order valence-electron chi connectivity index (χ4n) is 1.05. The molecule has 3 nitrogen and oxygen atoms in total. The van der Waals surface area contributed by atoms with Gasteiger partial charge < -0.3 is 0 Å². The van der Waals surface area contributed by atoms with E-state index in [1.165, 1.54) is 0 Å². The molecule has 0 aromatic carbocycles. The Kier molecular flexibility index (Phi) is 2.63. The monoisotopic (exact) mass is 165 g/mol. The van der Waals surface area contributed by atoms with Crippen LogP contribution in [0.25, 0.3) is 0 Å². The Bertz CT molecular complexity index is 323. The van der Waals surface area contributed by atoms with Crippen molar-refractivity contribution in [1.82, 2.24) is 9.78 Å². The van der Waals surface area contributed by atoms with Gasteiger partial charge in [-0.25, -0.2) is 0 Å². The lowest BCUT2D eigenvalue weighted by Crippen LogP contribution is -2.21. The molecule has 3 heteroatoms.